The van der Waals surface area contributed by atoms with Crippen LogP contribution in [0.4, 0.5) is 10.1 Å². The lowest BCUT2D eigenvalue weighted by molar-refractivity contribution is 0.289. The van der Waals surface area contributed by atoms with E-state index < -0.39 is 0 Å². The van der Waals surface area contributed by atoms with Crippen molar-refractivity contribution >= 4 is 5.69 Å². The smallest absolute Gasteiger partial charge is 0.125 e. The van der Waals surface area contributed by atoms with Gasteiger partial charge in [-0.2, -0.15) is 0 Å². The lowest BCUT2D eigenvalue weighted by Gasteiger charge is -2.23. The van der Waals surface area contributed by atoms with Gasteiger partial charge in [-0.1, -0.05) is 0 Å². The Kier molecular flexibility index (Phi) is 5.94. The van der Waals surface area contributed by atoms with Crippen molar-refractivity contribution in [2.45, 2.75) is 19.9 Å². The van der Waals surface area contributed by atoms with E-state index in [1.807, 2.05) is 20.0 Å². The summed E-state index contributed by atoms with van der Waals surface area (Å²) >= 11 is 0. The lowest BCUT2D eigenvalue weighted by atomic mass is 10.1. The van der Waals surface area contributed by atoms with Crippen molar-refractivity contribution in [3.63, 3.8) is 0 Å². The molecule has 96 valence electrons. The van der Waals surface area contributed by atoms with Crippen molar-refractivity contribution < 1.29 is 9.50 Å². The molecule has 1 rings (SSSR count). The van der Waals surface area contributed by atoms with Gasteiger partial charge >= 0.3 is 0 Å². The van der Waals surface area contributed by atoms with Crippen molar-refractivity contribution in [1.82, 2.24) is 5.32 Å². The van der Waals surface area contributed by atoms with Gasteiger partial charge in [-0.25, -0.2) is 4.39 Å². The first-order chi connectivity index (χ1) is 8.21. The molecule has 0 heterocycles. The Bertz CT molecular complexity index is 344. The fourth-order valence-corrected chi connectivity index (χ4v) is 1.85. The monoisotopic (exact) mass is 240 g/mol. The molecule has 0 saturated heterocycles. The average molecular weight is 240 g/mol. The van der Waals surface area contributed by atoms with E-state index in [0.717, 1.165) is 24.3 Å². The summed E-state index contributed by atoms with van der Waals surface area (Å²) in [4.78, 5) is 2.07. The van der Waals surface area contributed by atoms with Crippen molar-refractivity contribution in [3.05, 3.63) is 29.6 Å². The van der Waals surface area contributed by atoms with E-state index in [4.69, 9.17) is 5.11 Å². The van der Waals surface area contributed by atoms with E-state index >= 15 is 0 Å². The third kappa shape index (κ3) is 4.32. The highest BCUT2D eigenvalue weighted by atomic mass is 19.1. The standard InChI is InChI=1S/C13H21FN2O/c1-3-16(5-4-6-17)13-8-11(10-15-2)7-12(14)9-13/h7-9,15,17H,3-6,10H2,1-2H3. The predicted molar refractivity (Wildman–Crippen MR) is 68.8 cm³/mol. The molecule has 3 nitrogen and oxygen atoms in total. The average Bonchev–Trinajstić information content (AvgIpc) is 2.30. The van der Waals surface area contributed by atoms with Gasteiger partial charge in [-0.05, 0) is 44.2 Å². The molecule has 0 amide bonds. The molecule has 0 aliphatic rings. The molecule has 0 saturated carbocycles. The maximum Gasteiger partial charge on any atom is 0.125 e. The van der Waals surface area contributed by atoms with Crippen LogP contribution in [0.25, 0.3) is 0 Å². The maximum absolute atomic E-state index is 13.5. The summed E-state index contributed by atoms with van der Waals surface area (Å²) in [5.41, 5.74) is 1.82. The molecule has 2 N–H and O–H groups in total. The number of hydrogen-bond acceptors (Lipinski definition) is 3. The third-order valence-electron chi connectivity index (χ3n) is 2.66. The second-order valence-electron chi connectivity index (χ2n) is 4.00. The molecule has 0 atom stereocenters. The van der Waals surface area contributed by atoms with Crippen molar-refractivity contribution in [2.24, 2.45) is 0 Å². The Balaban J connectivity index is 2.85. The summed E-state index contributed by atoms with van der Waals surface area (Å²) in [5.74, 6) is -0.213. The van der Waals surface area contributed by atoms with Crippen LogP contribution in [0, 0.1) is 5.82 Å². The first-order valence-corrected chi connectivity index (χ1v) is 6.01. The van der Waals surface area contributed by atoms with E-state index in [1.165, 1.54) is 0 Å². The van der Waals surface area contributed by atoms with Crippen LogP contribution in [0.5, 0.6) is 0 Å². The Morgan fingerprint density at radius 3 is 2.71 bits per heavy atom. The molecule has 0 fully saturated rings. The van der Waals surface area contributed by atoms with Gasteiger partial charge in [0, 0.05) is 31.9 Å². The Morgan fingerprint density at radius 2 is 2.12 bits per heavy atom. The van der Waals surface area contributed by atoms with E-state index in [-0.39, 0.29) is 12.4 Å². The number of anilines is 1. The number of benzene rings is 1. The minimum absolute atomic E-state index is 0.162. The number of rotatable bonds is 7. The highest BCUT2D eigenvalue weighted by molar-refractivity contribution is 5.49. The van der Waals surface area contributed by atoms with Crippen LogP contribution in [0.1, 0.15) is 18.9 Å². The molecule has 0 aliphatic carbocycles. The predicted octanol–water partition coefficient (Wildman–Crippen LogP) is 1.75. The zero-order valence-electron chi connectivity index (χ0n) is 10.5. The van der Waals surface area contributed by atoms with Crippen LogP contribution in [0.15, 0.2) is 18.2 Å². The molecule has 0 unspecified atom stereocenters. The highest BCUT2D eigenvalue weighted by Gasteiger charge is 2.07. The first kappa shape index (κ1) is 13.9. The van der Waals surface area contributed by atoms with Gasteiger partial charge in [-0.3, -0.25) is 0 Å². The third-order valence-corrected chi connectivity index (χ3v) is 2.66. The molecule has 1 aromatic carbocycles. The van der Waals surface area contributed by atoms with E-state index in [0.29, 0.717) is 13.0 Å². The Labute approximate surface area is 102 Å². The molecule has 0 bridgehead atoms. The normalized spacial score (nSPS) is 10.6. The minimum atomic E-state index is -0.213. The molecular weight excluding hydrogens is 219 g/mol. The fourth-order valence-electron chi connectivity index (χ4n) is 1.85. The van der Waals surface area contributed by atoms with Crippen molar-refractivity contribution in [3.8, 4) is 0 Å². The number of halogens is 1. The van der Waals surface area contributed by atoms with Gasteiger partial charge in [0.15, 0.2) is 0 Å². The van der Waals surface area contributed by atoms with E-state index in [9.17, 15) is 4.39 Å². The van der Waals surface area contributed by atoms with Gasteiger partial charge < -0.3 is 15.3 Å². The van der Waals surface area contributed by atoms with Crippen LogP contribution < -0.4 is 10.2 Å². The second kappa shape index (κ2) is 7.25. The van der Waals surface area contributed by atoms with Gasteiger partial charge in [0.2, 0.25) is 0 Å². The Morgan fingerprint density at radius 1 is 1.35 bits per heavy atom. The molecule has 4 heteroatoms. The van der Waals surface area contributed by atoms with E-state index in [1.54, 1.807) is 12.1 Å². The summed E-state index contributed by atoms with van der Waals surface area (Å²) in [6.07, 6.45) is 0.700. The summed E-state index contributed by atoms with van der Waals surface area (Å²) in [6, 6.07) is 5.07. The van der Waals surface area contributed by atoms with Crippen LogP contribution >= 0.6 is 0 Å². The number of nitrogens with zero attached hydrogens (tertiary/aromatic N) is 1. The summed E-state index contributed by atoms with van der Waals surface area (Å²) < 4.78 is 13.5. The summed E-state index contributed by atoms with van der Waals surface area (Å²) in [7, 11) is 1.84. The summed E-state index contributed by atoms with van der Waals surface area (Å²) in [6.45, 7) is 4.40. The zero-order valence-corrected chi connectivity index (χ0v) is 10.5. The molecular formula is C13H21FN2O. The van der Waals surface area contributed by atoms with Crippen molar-refractivity contribution in [1.29, 1.82) is 0 Å². The molecule has 17 heavy (non-hydrogen) atoms. The van der Waals surface area contributed by atoms with Gasteiger partial charge in [0.25, 0.3) is 0 Å². The van der Waals surface area contributed by atoms with Crippen LogP contribution in [0.3, 0.4) is 0 Å². The van der Waals surface area contributed by atoms with Gasteiger partial charge in [0.05, 0.1) is 0 Å². The van der Waals surface area contributed by atoms with Crippen molar-refractivity contribution in [2.75, 3.05) is 31.6 Å². The quantitative estimate of drug-likeness (QED) is 0.762. The number of aliphatic hydroxyl groups is 1. The zero-order chi connectivity index (χ0) is 12.7. The van der Waals surface area contributed by atoms with E-state index in [2.05, 4.69) is 10.2 Å². The number of hydrogen-bond donors (Lipinski definition) is 2. The molecule has 0 aliphatic heterocycles. The number of nitrogens with one attached hydrogen (secondary N) is 1. The highest BCUT2D eigenvalue weighted by Crippen LogP contribution is 2.19. The first-order valence-electron chi connectivity index (χ1n) is 6.01. The second-order valence-corrected chi connectivity index (χ2v) is 4.00. The largest absolute Gasteiger partial charge is 0.396 e. The van der Waals surface area contributed by atoms with Crippen LogP contribution in [-0.2, 0) is 6.54 Å². The van der Waals surface area contributed by atoms with Crippen LogP contribution in [0.2, 0.25) is 0 Å². The topological polar surface area (TPSA) is 35.5 Å². The van der Waals surface area contributed by atoms with Crippen LogP contribution in [-0.4, -0.2) is 31.9 Å². The maximum atomic E-state index is 13.5. The fraction of sp³-hybridized carbons (Fsp3) is 0.538. The SMILES string of the molecule is CCN(CCCO)c1cc(F)cc(CNC)c1. The molecule has 0 radical (unpaired) electrons. The molecule has 0 spiro atoms. The molecule has 0 aromatic heterocycles. The summed E-state index contributed by atoms with van der Waals surface area (Å²) in [5, 5.41) is 11.9. The lowest BCUT2D eigenvalue weighted by Crippen LogP contribution is -2.25. The van der Waals surface area contributed by atoms with Gasteiger partial charge in [0.1, 0.15) is 5.82 Å². The van der Waals surface area contributed by atoms with Gasteiger partial charge in [-0.15, -0.1) is 0 Å². The minimum Gasteiger partial charge on any atom is -0.396 e. The molecule has 1 aromatic rings. The Hall–Kier alpha value is -1.13. The number of aliphatic hydroxyl groups excluding tert-OH is 1.